The van der Waals surface area contributed by atoms with Crippen LogP contribution < -0.4 is 10.3 Å². The van der Waals surface area contributed by atoms with E-state index in [1.54, 1.807) is 23.4 Å². The van der Waals surface area contributed by atoms with Gasteiger partial charge in [0.2, 0.25) is 0 Å². The van der Waals surface area contributed by atoms with Crippen LogP contribution in [0.5, 0.6) is 5.75 Å². The highest BCUT2D eigenvalue weighted by molar-refractivity contribution is 7.98. The second-order valence-corrected chi connectivity index (χ2v) is 8.82. The predicted octanol–water partition coefficient (Wildman–Crippen LogP) is 5.78. The normalized spacial score (nSPS) is 11.3. The van der Waals surface area contributed by atoms with Crippen molar-refractivity contribution in [3.8, 4) is 11.4 Å². The Labute approximate surface area is 190 Å². The highest BCUT2D eigenvalue weighted by atomic mass is 32.2. The van der Waals surface area contributed by atoms with Crippen LogP contribution in [0.3, 0.4) is 0 Å². The first-order valence-corrected chi connectivity index (χ1v) is 11.4. The number of thioether (sulfide) groups is 1. The number of rotatable bonds is 5. The van der Waals surface area contributed by atoms with E-state index in [2.05, 4.69) is 36.2 Å². The van der Waals surface area contributed by atoms with Gasteiger partial charge in [-0.3, -0.25) is 4.79 Å². The summed E-state index contributed by atoms with van der Waals surface area (Å²) < 4.78 is 7.28. The molecule has 6 heteroatoms. The Morgan fingerprint density at radius 3 is 2.62 bits per heavy atom. The van der Waals surface area contributed by atoms with E-state index in [0.717, 1.165) is 16.5 Å². The number of ether oxygens (including phenoxy) is 1. The van der Waals surface area contributed by atoms with Gasteiger partial charge in [-0.05, 0) is 43.2 Å². The summed E-state index contributed by atoms with van der Waals surface area (Å²) in [6, 6.07) is 22.1. The van der Waals surface area contributed by atoms with Crippen molar-refractivity contribution >= 4 is 33.7 Å². The van der Waals surface area contributed by atoms with Gasteiger partial charge in [-0.15, -0.1) is 0 Å². The van der Waals surface area contributed by atoms with E-state index in [0.29, 0.717) is 33.4 Å². The molecule has 2 heterocycles. The number of aromatic nitrogens is 3. The van der Waals surface area contributed by atoms with Crippen molar-refractivity contribution in [3.05, 3.63) is 93.8 Å². The molecule has 0 saturated heterocycles. The average Bonchev–Trinajstić information content (AvgIpc) is 3.17. The number of aromatic amines is 1. The molecule has 0 amide bonds. The Hall–Kier alpha value is -3.51. The number of methoxy groups -OCH3 is 1. The molecule has 0 fully saturated rings. The second kappa shape index (κ2) is 8.20. The number of para-hydroxylation sites is 1. The van der Waals surface area contributed by atoms with Gasteiger partial charge >= 0.3 is 0 Å². The van der Waals surface area contributed by atoms with Crippen molar-refractivity contribution in [2.75, 3.05) is 7.11 Å². The fourth-order valence-electron chi connectivity index (χ4n) is 3.98. The zero-order chi connectivity index (χ0) is 22.2. The first-order chi connectivity index (χ1) is 15.5. The van der Waals surface area contributed by atoms with Crippen molar-refractivity contribution in [1.82, 2.24) is 14.5 Å². The molecule has 2 aromatic heterocycles. The minimum atomic E-state index is -0.137. The quantitative estimate of drug-likeness (QED) is 0.277. The van der Waals surface area contributed by atoms with Crippen LogP contribution in [0.1, 0.15) is 16.7 Å². The fraction of sp³-hybridized carbons (Fsp3) is 0.154. The first kappa shape index (κ1) is 20.4. The van der Waals surface area contributed by atoms with E-state index in [4.69, 9.17) is 9.72 Å². The van der Waals surface area contributed by atoms with Crippen molar-refractivity contribution in [3.63, 3.8) is 0 Å². The van der Waals surface area contributed by atoms with Gasteiger partial charge in [-0.25, -0.2) is 9.55 Å². The Balaban J connectivity index is 1.76. The Kier molecular flexibility index (Phi) is 5.23. The fourth-order valence-corrected chi connectivity index (χ4v) is 4.92. The monoisotopic (exact) mass is 441 g/mol. The number of fused-ring (bicyclic) bond motifs is 3. The third kappa shape index (κ3) is 3.56. The SMILES string of the molecule is COc1ccc(C)cc1-n1c(SCc2cccc(C)c2)nc2c([nH]c3ccccc32)c1=O. The van der Waals surface area contributed by atoms with Gasteiger partial charge in [0.25, 0.3) is 5.56 Å². The molecule has 0 unspecified atom stereocenters. The van der Waals surface area contributed by atoms with Gasteiger partial charge in [-0.2, -0.15) is 0 Å². The molecule has 1 N–H and O–H groups in total. The van der Waals surface area contributed by atoms with Crippen LogP contribution in [0, 0.1) is 13.8 Å². The molecule has 0 saturated carbocycles. The molecule has 5 rings (SSSR count). The second-order valence-electron chi connectivity index (χ2n) is 7.88. The summed E-state index contributed by atoms with van der Waals surface area (Å²) in [5, 5.41) is 1.58. The molecule has 5 aromatic rings. The van der Waals surface area contributed by atoms with E-state index >= 15 is 0 Å². The van der Waals surface area contributed by atoms with Crippen LogP contribution in [0.2, 0.25) is 0 Å². The summed E-state index contributed by atoms with van der Waals surface area (Å²) in [5.41, 5.74) is 6.08. The van der Waals surface area contributed by atoms with Crippen LogP contribution in [0.15, 0.2) is 76.7 Å². The van der Waals surface area contributed by atoms with Crippen LogP contribution >= 0.6 is 11.8 Å². The standard InChI is InChI=1S/C26H23N3O2S/c1-16-7-6-8-18(13-16)15-32-26-28-23-19-9-4-5-10-20(19)27-24(23)25(30)29(26)21-14-17(2)11-12-22(21)31-3/h4-14,27H,15H2,1-3H3. The van der Waals surface area contributed by atoms with E-state index in [-0.39, 0.29) is 5.56 Å². The number of hydrogen-bond acceptors (Lipinski definition) is 4. The number of hydrogen-bond donors (Lipinski definition) is 1. The number of nitrogens with zero attached hydrogens (tertiary/aromatic N) is 2. The van der Waals surface area contributed by atoms with Crippen molar-refractivity contribution in [1.29, 1.82) is 0 Å². The van der Waals surface area contributed by atoms with E-state index in [9.17, 15) is 4.79 Å². The topological polar surface area (TPSA) is 59.9 Å². The minimum absolute atomic E-state index is 0.137. The third-order valence-electron chi connectivity index (χ3n) is 5.52. The Morgan fingerprint density at radius 2 is 1.81 bits per heavy atom. The predicted molar refractivity (Wildman–Crippen MR) is 131 cm³/mol. The van der Waals surface area contributed by atoms with E-state index in [1.807, 2.05) is 49.4 Å². The lowest BCUT2D eigenvalue weighted by molar-refractivity contribution is 0.411. The maximum absolute atomic E-state index is 13.8. The third-order valence-corrected chi connectivity index (χ3v) is 6.53. The largest absolute Gasteiger partial charge is 0.495 e. The highest BCUT2D eigenvalue weighted by Gasteiger charge is 2.19. The molecule has 0 aliphatic carbocycles. The molecule has 0 bridgehead atoms. The Morgan fingerprint density at radius 1 is 1.00 bits per heavy atom. The lowest BCUT2D eigenvalue weighted by atomic mass is 10.2. The van der Waals surface area contributed by atoms with Crippen LogP contribution in [0.25, 0.3) is 27.6 Å². The minimum Gasteiger partial charge on any atom is -0.495 e. The van der Waals surface area contributed by atoms with E-state index < -0.39 is 0 Å². The van der Waals surface area contributed by atoms with Crippen LogP contribution in [0.4, 0.5) is 0 Å². The zero-order valence-corrected chi connectivity index (χ0v) is 19.0. The number of nitrogens with one attached hydrogen (secondary N) is 1. The lowest BCUT2D eigenvalue weighted by Gasteiger charge is -2.16. The van der Waals surface area contributed by atoms with Crippen LogP contribution in [-0.4, -0.2) is 21.6 Å². The summed E-state index contributed by atoms with van der Waals surface area (Å²) in [6.45, 7) is 4.08. The maximum atomic E-state index is 13.8. The number of benzene rings is 3. The first-order valence-electron chi connectivity index (χ1n) is 10.4. The van der Waals surface area contributed by atoms with Gasteiger partial charge in [0, 0.05) is 16.7 Å². The average molecular weight is 442 g/mol. The van der Waals surface area contributed by atoms with Gasteiger partial charge in [0.1, 0.15) is 16.8 Å². The molecule has 0 spiro atoms. The van der Waals surface area contributed by atoms with Crippen molar-refractivity contribution in [2.45, 2.75) is 24.8 Å². The van der Waals surface area contributed by atoms with Gasteiger partial charge < -0.3 is 9.72 Å². The summed E-state index contributed by atoms with van der Waals surface area (Å²) in [6.07, 6.45) is 0. The number of aryl methyl sites for hydroxylation is 2. The summed E-state index contributed by atoms with van der Waals surface area (Å²) in [5.74, 6) is 1.34. The highest BCUT2D eigenvalue weighted by Crippen LogP contribution is 2.31. The molecule has 160 valence electrons. The molecule has 0 aliphatic heterocycles. The smallest absolute Gasteiger partial charge is 0.283 e. The molecule has 0 aliphatic rings. The van der Waals surface area contributed by atoms with Gasteiger partial charge in [0.05, 0.1) is 12.8 Å². The number of H-pyrrole nitrogens is 1. The molecule has 0 radical (unpaired) electrons. The molecule has 3 aromatic carbocycles. The van der Waals surface area contributed by atoms with Gasteiger partial charge in [-0.1, -0.05) is 65.9 Å². The maximum Gasteiger partial charge on any atom is 0.283 e. The lowest BCUT2D eigenvalue weighted by Crippen LogP contribution is -2.22. The molecule has 32 heavy (non-hydrogen) atoms. The molecular formula is C26H23N3O2S. The summed E-state index contributed by atoms with van der Waals surface area (Å²) in [4.78, 5) is 22.0. The van der Waals surface area contributed by atoms with Crippen molar-refractivity contribution < 1.29 is 4.74 Å². The summed E-state index contributed by atoms with van der Waals surface area (Å²) >= 11 is 1.55. The van der Waals surface area contributed by atoms with E-state index in [1.165, 1.54) is 11.1 Å². The van der Waals surface area contributed by atoms with Gasteiger partial charge in [0.15, 0.2) is 5.16 Å². The molecule has 5 nitrogen and oxygen atoms in total. The summed E-state index contributed by atoms with van der Waals surface area (Å²) in [7, 11) is 1.62. The molecular weight excluding hydrogens is 418 g/mol. The van der Waals surface area contributed by atoms with Crippen LogP contribution in [-0.2, 0) is 5.75 Å². The molecule has 0 atom stereocenters. The Bertz CT molecular complexity index is 1520. The zero-order valence-electron chi connectivity index (χ0n) is 18.2. The van der Waals surface area contributed by atoms with Crippen molar-refractivity contribution in [2.24, 2.45) is 0 Å².